The van der Waals surface area contributed by atoms with Gasteiger partial charge >= 0.3 is 14.0 Å². The van der Waals surface area contributed by atoms with Crippen molar-refractivity contribution in [2.75, 3.05) is 26.4 Å². The highest BCUT2D eigenvalue weighted by molar-refractivity contribution is 7.48. The second-order valence-electron chi connectivity index (χ2n) is 11.6. The topological polar surface area (TPSA) is 184 Å². The minimum atomic E-state index is -4.34. The standard InChI is InChI=1S/C34H47N2O12P/c1-4-6-17-43-49(41,44-18-7-5-2)48-31-30(39)29(21-37)46-33(32(31)47-34(40)42-22-24-11-9-8-10-12-24)45-26-13-14-28-27(19-26)25(20-36-28)15-16-35-23(3)38/h8-14,19-20,29-33,36-37,39H,4-7,15-18,21-22H2,1-3H3,(H,35,38)/t29-,30-,31+,32-,33-/m1/s1. The molecule has 5 atom stereocenters. The molecule has 2 heterocycles. The monoisotopic (exact) mass is 706 g/mol. The number of hydrogen-bond donors (Lipinski definition) is 4. The molecule has 3 aromatic rings. The van der Waals surface area contributed by atoms with E-state index in [0.29, 0.717) is 31.4 Å². The Morgan fingerprint density at radius 3 is 2.39 bits per heavy atom. The van der Waals surface area contributed by atoms with Crippen molar-refractivity contribution in [2.24, 2.45) is 0 Å². The van der Waals surface area contributed by atoms with Crippen LogP contribution in [0.2, 0.25) is 0 Å². The highest BCUT2D eigenvalue weighted by Gasteiger charge is 2.53. The number of carbonyl (C=O) groups excluding carboxylic acids is 2. The van der Waals surface area contributed by atoms with E-state index in [9.17, 15) is 24.4 Å². The van der Waals surface area contributed by atoms with Gasteiger partial charge in [-0.25, -0.2) is 9.36 Å². The number of carbonyl (C=O) groups is 2. The summed E-state index contributed by atoms with van der Waals surface area (Å²) in [5.41, 5.74) is 2.43. The smallest absolute Gasteiger partial charge is 0.461 e. The van der Waals surface area contributed by atoms with Crippen LogP contribution in [0.3, 0.4) is 0 Å². The number of aliphatic hydroxyl groups is 2. The van der Waals surface area contributed by atoms with Gasteiger partial charge in [0.1, 0.15) is 30.7 Å². The molecule has 2 aromatic carbocycles. The number of phosphoric acid groups is 1. The van der Waals surface area contributed by atoms with Gasteiger partial charge in [-0.15, -0.1) is 0 Å². The van der Waals surface area contributed by atoms with Crippen LogP contribution in [0.4, 0.5) is 4.79 Å². The predicted molar refractivity (Wildman–Crippen MR) is 179 cm³/mol. The zero-order valence-corrected chi connectivity index (χ0v) is 29.0. The molecule has 1 fully saturated rings. The average molecular weight is 707 g/mol. The molecule has 0 bridgehead atoms. The Hall–Kier alpha value is -3.49. The maximum Gasteiger partial charge on any atom is 0.509 e. The molecule has 4 N–H and O–H groups in total. The molecule has 14 nitrogen and oxygen atoms in total. The number of phosphoric ester groups is 1. The third kappa shape index (κ3) is 11.3. The molecule has 15 heteroatoms. The SMILES string of the molecule is CCCCOP(=O)(OCCCC)O[C@H]1[C@H](O)[C@@H](CO)O[C@@H](Oc2ccc3[nH]cc(CCNC(C)=O)c3c2)[C@@H]1OC(=O)OCc1ccccc1. The Labute approximate surface area is 285 Å². The van der Waals surface area contributed by atoms with Gasteiger partial charge in [0.2, 0.25) is 12.2 Å². The largest absolute Gasteiger partial charge is 0.509 e. The summed E-state index contributed by atoms with van der Waals surface area (Å²) in [6.07, 6.45) is -3.73. The lowest BCUT2D eigenvalue weighted by molar-refractivity contribution is -0.276. The molecule has 1 amide bonds. The van der Waals surface area contributed by atoms with E-state index in [1.165, 1.54) is 6.92 Å². The van der Waals surface area contributed by atoms with Crippen LogP contribution in [-0.4, -0.2) is 84.3 Å². The maximum absolute atomic E-state index is 13.9. The number of rotatable bonds is 19. The van der Waals surface area contributed by atoms with Crippen LogP contribution in [0.1, 0.15) is 57.6 Å². The highest BCUT2D eigenvalue weighted by atomic mass is 31.2. The number of hydrogen-bond acceptors (Lipinski definition) is 12. The lowest BCUT2D eigenvalue weighted by Crippen LogP contribution is -2.62. The van der Waals surface area contributed by atoms with E-state index in [4.69, 9.17) is 32.5 Å². The fourth-order valence-corrected chi connectivity index (χ4v) is 6.52. The van der Waals surface area contributed by atoms with Crippen molar-refractivity contribution in [2.45, 2.75) is 90.2 Å². The quantitative estimate of drug-likeness (QED) is 0.0732. The van der Waals surface area contributed by atoms with Crippen LogP contribution in [0.5, 0.6) is 5.75 Å². The number of ether oxygens (including phenoxy) is 4. The van der Waals surface area contributed by atoms with Crippen molar-refractivity contribution < 1.29 is 56.9 Å². The molecule has 0 radical (unpaired) electrons. The van der Waals surface area contributed by atoms with E-state index in [2.05, 4.69) is 10.3 Å². The van der Waals surface area contributed by atoms with E-state index in [1.807, 2.05) is 26.1 Å². The van der Waals surface area contributed by atoms with Gasteiger partial charge in [-0.1, -0.05) is 57.0 Å². The Kier molecular flexibility index (Phi) is 14.9. The molecule has 270 valence electrons. The van der Waals surface area contributed by atoms with Gasteiger partial charge in [0.25, 0.3) is 0 Å². The molecule has 0 aliphatic carbocycles. The number of aliphatic hydroxyl groups excluding tert-OH is 2. The van der Waals surface area contributed by atoms with Gasteiger partial charge in [-0.2, -0.15) is 0 Å². The zero-order chi connectivity index (χ0) is 35.2. The summed E-state index contributed by atoms with van der Waals surface area (Å²) >= 11 is 0. The number of amides is 1. The van der Waals surface area contributed by atoms with Crippen LogP contribution in [-0.2, 0) is 50.2 Å². The normalized spacial score (nSPS) is 21.0. The lowest BCUT2D eigenvalue weighted by atomic mass is 9.99. The van der Waals surface area contributed by atoms with Crippen molar-refractivity contribution in [1.29, 1.82) is 0 Å². The number of aromatic amines is 1. The summed E-state index contributed by atoms with van der Waals surface area (Å²) in [6, 6.07) is 14.1. The van der Waals surface area contributed by atoms with Crippen molar-refractivity contribution in [3.8, 4) is 5.75 Å². The first-order valence-corrected chi connectivity index (χ1v) is 18.0. The summed E-state index contributed by atoms with van der Waals surface area (Å²) in [6.45, 7) is 5.06. The fraction of sp³-hybridized carbons (Fsp3) is 0.529. The molecule has 0 spiro atoms. The first-order valence-electron chi connectivity index (χ1n) is 16.6. The Morgan fingerprint density at radius 1 is 1.02 bits per heavy atom. The summed E-state index contributed by atoms with van der Waals surface area (Å²) in [5.74, 6) is 0.151. The first-order chi connectivity index (χ1) is 23.7. The van der Waals surface area contributed by atoms with Gasteiger partial charge in [0.05, 0.1) is 19.8 Å². The minimum Gasteiger partial charge on any atom is -0.461 e. The second-order valence-corrected chi connectivity index (χ2v) is 13.2. The van der Waals surface area contributed by atoms with Crippen LogP contribution >= 0.6 is 7.82 Å². The van der Waals surface area contributed by atoms with E-state index >= 15 is 0 Å². The van der Waals surface area contributed by atoms with Gasteiger partial charge in [-0.05, 0) is 48.6 Å². The third-order valence-corrected chi connectivity index (χ3v) is 9.23. The average Bonchev–Trinajstić information content (AvgIpc) is 3.49. The van der Waals surface area contributed by atoms with Crippen molar-refractivity contribution >= 4 is 30.8 Å². The Bertz CT molecular complexity index is 1510. The Balaban J connectivity index is 1.64. The zero-order valence-electron chi connectivity index (χ0n) is 28.1. The number of unbranched alkanes of at least 4 members (excludes halogenated alkanes) is 2. The van der Waals surface area contributed by atoms with Gasteiger partial charge in [0.15, 0.2) is 6.10 Å². The molecular formula is C34H47N2O12P. The third-order valence-electron chi connectivity index (χ3n) is 7.74. The van der Waals surface area contributed by atoms with E-state index in [0.717, 1.165) is 29.3 Å². The van der Waals surface area contributed by atoms with Crippen LogP contribution in [0, 0.1) is 0 Å². The molecule has 0 unspecified atom stereocenters. The number of nitrogens with one attached hydrogen (secondary N) is 2. The lowest BCUT2D eigenvalue weighted by Gasteiger charge is -2.43. The summed E-state index contributed by atoms with van der Waals surface area (Å²) < 4.78 is 54.2. The summed E-state index contributed by atoms with van der Waals surface area (Å²) in [5, 5.41) is 25.1. The minimum absolute atomic E-state index is 0.0498. The molecule has 1 saturated heterocycles. The van der Waals surface area contributed by atoms with Crippen molar-refractivity contribution in [3.63, 3.8) is 0 Å². The highest BCUT2D eigenvalue weighted by Crippen LogP contribution is 2.53. The fourth-order valence-electron chi connectivity index (χ4n) is 5.08. The van der Waals surface area contributed by atoms with E-state index < -0.39 is 51.3 Å². The summed E-state index contributed by atoms with van der Waals surface area (Å²) in [7, 11) is -4.34. The van der Waals surface area contributed by atoms with Gasteiger partial charge in [-0.3, -0.25) is 18.4 Å². The first kappa shape index (κ1) is 38.3. The number of fused-ring (bicyclic) bond motifs is 1. The summed E-state index contributed by atoms with van der Waals surface area (Å²) in [4.78, 5) is 27.7. The van der Waals surface area contributed by atoms with Crippen LogP contribution in [0.15, 0.2) is 54.7 Å². The maximum atomic E-state index is 13.9. The molecule has 49 heavy (non-hydrogen) atoms. The van der Waals surface area contributed by atoms with Crippen molar-refractivity contribution in [1.82, 2.24) is 10.3 Å². The molecule has 0 saturated carbocycles. The van der Waals surface area contributed by atoms with Crippen LogP contribution < -0.4 is 10.1 Å². The number of aromatic nitrogens is 1. The molecule has 1 aromatic heterocycles. The number of benzene rings is 2. The Morgan fingerprint density at radius 2 is 1.73 bits per heavy atom. The predicted octanol–water partition coefficient (Wildman–Crippen LogP) is 5.15. The number of H-pyrrole nitrogens is 1. The second kappa shape index (κ2) is 19.0. The molecule has 4 rings (SSSR count). The van der Waals surface area contributed by atoms with Crippen LogP contribution in [0.25, 0.3) is 10.9 Å². The van der Waals surface area contributed by atoms with E-state index in [1.54, 1.807) is 42.5 Å². The van der Waals surface area contributed by atoms with Gasteiger partial charge < -0.3 is 39.5 Å². The molecular weight excluding hydrogens is 659 g/mol. The van der Waals surface area contributed by atoms with E-state index in [-0.39, 0.29) is 31.5 Å². The van der Waals surface area contributed by atoms with Crippen molar-refractivity contribution in [3.05, 3.63) is 65.9 Å². The molecule has 1 aliphatic heterocycles. The van der Waals surface area contributed by atoms with Gasteiger partial charge in [0, 0.05) is 30.6 Å². The molecule has 1 aliphatic rings.